The number of hydrogen-bond donors (Lipinski definition) is 1. The number of benzene rings is 1. The number of piperazine rings is 1. The van der Waals surface area contributed by atoms with Gasteiger partial charge in [-0.15, -0.1) is 12.4 Å². The SMILES string of the molecule is CN(CC(=O)N1CCNCC1)Cc1cnn(Cc2ccc(F)cc2)c1.Cl. The van der Waals surface area contributed by atoms with E-state index in [-0.39, 0.29) is 24.1 Å². The number of amides is 1. The van der Waals surface area contributed by atoms with E-state index in [9.17, 15) is 9.18 Å². The van der Waals surface area contributed by atoms with Crippen LogP contribution in [-0.2, 0) is 17.9 Å². The first-order chi connectivity index (χ1) is 12.1. The van der Waals surface area contributed by atoms with Gasteiger partial charge in [0.25, 0.3) is 0 Å². The molecule has 0 unspecified atom stereocenters. The zero-order valence-electron chi connectivity index (χ0n) is 14.9. The van der Waals surface area contributed by atoms with Crippen LogP contribution in [0.25, 0.3) is 0 Å². The third-order valence-electron chi connectivity index (χ3n) is 4.27. The molecule has 26 heavy (non-hydrogen) atoms. The number of halogens is 2. The second kappa shape index (κ2) is 9.66. The van der Waals surface area contributed by atoms with E-state index >= 15 is 0 Å². The summed E-state index contributed by atoms with van der Waals surface area (Å²) in [6, 6.07) is 6.43. The first-order valence-electron chi connectivity index (χ1n) is 8.53. The molecule has 142 valence electrons. The van der Waals surface area contributed by atoms with Crippen molar-refractivity contribution in [3.63, 3.8) is 0 Å². The largest absolute Gasteiger partial charge is 0.339 e. The van der Waals surface area contributed by atoms with Crippen LogP contribution < -0.4 is 5.32 Å². The van der Waals surface area contributed by atoms with Crippen molar-refractivity contribution in [1.29, 1.82) is 0 Å². The Kier molecular flexibility index (Phi) is 7.56. The summed E-state index contributed by atoms with van der Waals surface area (Å²) in [6.45, 7) is 4.97. The Bertz CT molecular complexity index is 700. The maximum Gasteiger partial charge on any atom is 0.236 e. The van der Waals surface area contributed by atoms with E-state index < -0.39 is 0 Å². The van der Waals surface area contributed by atoms with Crippen molar-refractivity contribution in [3.05, 3.63) is 53.6 Å². The van der Waals surface area contributed by atoms with Gasteiger partial charge in [0.05, 0.1) is 19.3 Å². The highest BCUT2D eigenvalue weighted by molar-refractivity contribution is 5.85. The lowest BCUT2D eigenvalue weighted by molar-refractivity contribution is -0.132. The Hall–Kier alpha value is -1.96. The average molecular weight is 382 g/mol. The Morgan fingerprint density at radius 3 is 2.62 bits per heavy atom. The zero-order chi connectivity index (χ0) is 17.6. The predicted molar refractivity (Wildman–Crippen MR) is 101 cm³/mol. The number of carbonyl (C=O) groups excluding carboxylic acids is 1. The molecule has 1 N–H and O–H groups in total. The number of nitrogens with one attached hydrogen (secondary N) is 1. The van der Waals surface area contributed by atoms with Gasteiger partial charge in [0, 0.05) is 44.5 Å². The Balaban J connectivity index is 0.00000243. The van der Waals surface area contributed by atoms with Gasteiger partial charge in [0.1, 0.15) is 5.82 Å². The van der Waals surface area contributed by atoms with E-state index in [1.807, 2.05) is 33.9 Å². The lowest BCUT2D eigenvalue weighted by atomic mass is 10.2. The van der Waals surface area contributed by atoms with E-state index in [2.05, 4.69) is 10.4 Å². The lowest BCUT2D eigenvalue weighted by Crippen LogP contribution is -2.49. The second-order valence-corrected chi connectivity index (χ2v) is 6.48. The fourth-order valence-corrected chi connectivity index (χ4v) is 2.96. The molecule has 1 amide bonds. The zero-order valence-corrected chi connectivity index (χ0v) is 15.7. The lowest BCUT2D eigenvalue weighted by Gasteiger charge is -2.29. The average Bonchev–Trinajstić information content (AvgIpc) is 3.04. The summed E-state index contributed by atoms with van der Waals surface area (Å²) >= 11 is 0. The van der Waals surface area contributed by atoms with Crippen molar-refractivity contribution < 1.29 is 9.18 Å². The molecule has 0 atom stereocenters. The molecule has 1 aromatic heterocycles. The molecular formula is C18H25ClFN5O. The Labute approximate surface area is 159 Å². The van der Waals surface area contributed by atoms with E-state index in [0.29, 0.717) is 19.6 Å². The monoisotopic (exact) mass is 381 g/mol. The summed E-state index contributed by atoms with van der Waals surface area (Å²) in [7, 11) is 1.94. The minimum absolute atomic E-state index is 0. The van der Waals surface area contributed by atoms with Gasteiger partial charge in [0.15, 0.2) is 0 Å². The fraction of sp³-hybridized carbons (Fsp3) is 0.444. The maximum absolute atomic E-state index is 12.9. The van der Waals surface area contributed by atoms with Crippen molar-refractivity contribution in [2.45, 2.75) is 13.1 Å². The molecule has 1 aliphatic heterocycles. The quantitative estimate of drug-likeness (QED) is 0.820. The topological polar surface area (TPSA) is 53.4 Å². The minimum Gasteiger partial charge on any atom is -0.339 e. The summed E-state index contributed by atoms with van der Waals surface area (Å²) in [4.78, 5) is 16.2. The summed E-state index contributed by atoms with van der Waals surface area (Å²) in [5.74, 6) is -0.0663. The number of rotatable bonds is 6. The van der Waals surface area contributed by atoms with E-state index in [1.165, 1.54) is 12.1 Å². The molecule has 0 saturated carbocycles. The summed E-state index contributed by atoms with van der Waals surface area (Å²) in [5, 5.41) is 7.60. The van der Waals surface area contributed by atoms with Gasteiger partial charge in [-0.3, -0.25) is 14.4 Å². The van der Waals surface area contributed by atoms with Crippen molar-refractivity contribution in [1.82, 2.24) is 24.9 Å². The summed E-state index contributed by atoms with van der Waals surface area (Å²) in [5.41, 5.74) is 2.05. The molecule has 8 heteroatoms. The van der Waals surface area contributed by atoms with Crippen molar-refractivity contribution in [3.8, 4) is 0 Å². The standard InChI is InChI=1S/C18H24FN5O.ClH/c1-22(14-18(25)23-8-6-20-7-9-23)11-16-10-21-24(13-16)12-15-2-4-17(19)5-3-15;/h2-5,10,13,20H,6-9,11-12,14H2,1H3;1H. The Morgan fingerprint density at radius 2 is 1.92 bits per heavy atom. The molecule has 2 heterocycles. The van der Waals surface area contributed by atoms with Crippen LogP contribution in [-0.4, -0.2) is 65.3 Å². The van der Waals surface area contributed by atoms with E-state index in [0.717, 1.165) is 37.3 Å². The number of aromatic nitrogens is 2. The van der Waals surface area contributed by atoms with E-state index in [4.69, 9.17) is 0 Å². The van der Waals surface area contributed by atoms with Crippen molar-refractivity contribution >= 4 is 18.3 Å². The van der Waals surface area contributed by atoms with Gasteiger partial charge in [-0.25, -0.2) is 4.39 Å². The van der Waals surface area contributed by atoms with Crippen LogP contribution in [0.1, 0.15) is 11.1 Å². The smallest absolute Gasteiger partial charge is 0.236 e. The second-order valence-electron chi connectivity index (χ2n) is 6.48. The predicted octanol–water partition coefficient (Wildman–Crippen LogP) is 1.36. The van der Waals surface area contributed by atoms with Gasteiger partial charge in [-0.05, 0) is 24.7 Å². The van der Waals surface area contributed by atoms with Gasteiger partial charge in [-0.2, -0.15) is 5.10 Å². The van der Waals surface area contributed by atoms with Crippen LogP contribution in [0, 0.1) is 5.82 Å². The molecule has 0 radical (unpaired) electrons. The van der Waals surface area contributed by atoms with Crippen molar-refractivity contribution in [2.75, 3.05) is 39.8 Å². The molecule has 3 rings (SSSR count). The number of hydrogen-bond acceptors (Lipinski definition) is 4. The van der Waals surface area contributed by atoms with Crippen LogP contribution in [0.15, 0.2) is 36.7 Å². The third-order valence-corrected chi connectivity index (χ3v) is 4.27. The van der Waals surface area contributed by atoms with Crippen LogP contribution in [0.4, 0.5) is 4.39 Å². The highest BCUT2D eigenvalue weighted by Crippen LogP contribution is 2.08. The molecule has 0 spiro atoms. The van der Waals surface area contributed by atoms with Gasteiger partial charge in [0.2, 0.25) is 5.91 Å². The molecule has 0 aliphatic carbocycles. The van der Waals surface area contributed by atoms with Gasteiger partial charge >= 0.3 is 0 Å². The number of likely N-dealkylation sites (N-methyl/N-ethyl adjacent to an activating group) is 1. The van der Waals surface area contributed by atoms with Crippen molar-refractivity contribution in [2.24, 2.45) is 0 Å². The molecule has 0 bridgehead atoms. The fourth-order valence-electron chi connectivity index (χ4n) is 2.96. The van der Waals surface area contributed by atoms with Crippen LogP contribution in [0.2, 0.25) is 0 Å². The van der Waals surface area contributed by atoms with Crippen LogP contribution in [0.5, 0.6) is 0 Å². The van der Waals surface area contributed by atoms with Gasteiger partial charge in [-0.1, -0.05) is 12.1 Å². The normalized spacial score (nSPS) is 14.3. The summed E-state index contributed by atoms with van der Waals surface area (Å²) < 4.78 is 14.8. The molecule has 2 aromatic rings. The first-order valence-corrected chi connectivity index (χ1v) is 8.53. The molecule has 6 nitrogen and oxygen atoms in total. The molecule has 1 saturated heterocycles. The number of nitrogens with zero attached hydrogens (tertiary/aromatic N) is 4. The highest BCUT2D eigenvalue weighted by Gasteiger charge is 2.17. The van der Waals surface area contributed by atoms with Gasteiger partial charge < -0.3 is 10.2 Å². The molecule has 1 fully saturated rings. The number of carbonyl (C=O) groups is 1. The highest BCUT2D eigenvalue weighted by atomic mass is 35.5. The van der Waals surface area contributed by atoms with Crippen LogP contribution >= 0.6 is 12.4 Å². The molecule has 1 aromatic carbocycles. The molecular weight excluding hydrogens is 357 g/mol. The maximum atomic E-state index is 12.9. The Morgan fingerprint density at radius 1 is 1.23 bits per heavy atom. The summed E-state index contributed by atoms with van der Waals surface area (Å²) in [6.07, 6.45) is 3.78. The van der Waals surface area contributed by atoms with E-state index in [1.54, 1.807) is 12.1 Å². The van der Waals surface area contributed by atoms with Crippen LogP contribution in [0.3, 0.4) is 0 Å². The third kappa shape index (κ3) is 5.79. The first kappa shape index (κ1) is 20.4. The minimum atomic E-state index is -0.235. The molecule has 1 aliphatic rings.